The number of carbonyl (C=O) groups excluding carboxylic acids is 3. The van der Waals surface area contributed by atoms with Gasteiger partial charge in [-0.25, -0.2) is 0 Å². The first-order chi connectivity index (χ1) is 15.7. The van der Waals surface area contributed by atoms with Crippen molar-refractivity contribution >= 4 is 34.6 Å². The molecule has 11 heteroatoms. The highest BCUT2D eigenvalue weighted by atomic mass is 16.3. The van der Waals surface area contributed by atoms with E-state index in [1.165, 1.54) is 4.90 Å². The third kappa shape index (κ3) is 2.86. The Bertz CT molecular complexity index is 1220. The van der Waals surface area contributed by atoms with E-state index in [0.717, 1.165) is 0 Å². The van der Waals surface area contributed by atoms with Crippen LogP contribution in [0.2, 0.25) is 0 Å². The lowest BCUT2D eigenvalue weighted by molar-refractivity contribution is -0.153. The number of aliphatic hydroxyl groups is 3. The molecule has 182 valence electrons. The molecule has 0 heterocycles. The van der Waals surface area contributed by atoms with Crippen LogP contribution in [-0.4, -0.2) is 82.6 Å². The summed E-state index contributed by atoms with van der Waals surface area (Å²) < 4.78 is 0. The number of hydrogen-bond donors (Lipinski definition) is 6. The summed E-state index contributed by atoms with van der Waals surface area (Å²) in [5.41, 5.74) is 8.68. The van der Waals surface area contributed by atoms with Crippen LogP contribution in [0, 0.1) is 11.8 Å². The Kier molecular flexibility index (Phi) is 5.18. The van der Waals surface area contributed by atoms with E-state index in [4.69, 9.17) is 11.5 Å². The number of hydrogen-bond acceptors (Lipinski definition) is 10. The average Bonchev–Trinajstić information content (AvgIpc) is 2.72. The molecular formula is C23H28N4O7. The van der Waals surface area contributed by atoms with Crippen molar-refractivity contribution < 1.29 is 34.8 Å². The van der Waals surface area contributed by atoms with Crippen LogP contribution in [0.1, 0.15) is 17.5 Å². The molecule has 1 saturated carbocycles. The van der Waals surface area contributed by atoms with Gasteiger partial charge >= 0.3 is 0 Å². The highest BCUT2D eigenvalue weighted by Gasteiger charge is 2.64. The highest BCUT2D eigenvalue weighted by molar-refractivity contribution is 6.24. The number of aromatic hydroxyl groups is 1. The number of rotatable bonds is 3. The molecule has 3 unspecified atom stereocenters. The summed E-state index contributed by atoms with van der Waals surface area (Å²) in [5, 5.41) is 44.2. The van der Waals surface area contributed by atoms with Crippen molar-refractivity contribution in [3.05, 3.63) is 34.1 Å². The van der Waals surface area contributed by atoms with Gasteiger partial charge < -0.3 is 36.8 Å². The first-order valence-electron chi connectivity index (χ1n) is 10.7. The maximum atomic E-state index is 13.7. The number of phenols is 1. The van der Waals surface area contributed by atoms with Crippen LogP contribution >= 0.6 is 0 Å². The molecule has 3 aliphatic carbocycles. The summed E-state index contributed by atoms with van der Waals surface area (Å²) in [6.45, 7) is 0. The fourth-order valence-corrected chi connectivity index (χ4v) is 5.71. The normalized spacial score (nSPS) is 28.6. The molecule has 0 aliphatic heterocycles. The number of aliphatic hydroxyl groups excluding tert-OH is 2. The van der Waals surface area contributed by atoms with Gasteiger partial charge in [0, 0.05) is 31.3 Å². The van der Waals surface area contributed by atoms with Crippen molar-refractivity contribution in [1.29, 1.82) is 0 Å². The molecule has 1 fully saturated rings. The summed E-state index contributed by atoms with van der Waals surface area (Å²) in [4.78, 5) is 42.0. The number of anilines is 2. The molecule has 1 amide bonds. The fourth-order valence-electron chi connectivity index (χ4n) is 5.71. The van der Waals surface area contributed by atoms with E-state index in [9.17, 15) is 34.8 Å². The van der Waals surface area contributed by atoms with E-state index < -0.39 is 63.8 Å². The monoisotopic (exact) mass is 472 g/mol. The van der Waals surface area contributed by atoms with Gasteiger partial charge in [0.05, 0.1) is 17.3 Å². The first-order valence-corrected chi connectivity index (χ1v) is 10.7. The van der Waals surface area contributed by atoms with E-state index in [1.54, 1.807) is 39.2 Å². The van der Waals surface area contributed by atoms with Gasteiger partial charge in [0.1, 0.15) is 22.8 Å². The number of amides is 1. The van der Waals surface area contributed by atoms with E-state index >= 15 is 0 Å². The van der Waals surface area contributed by atoms with Crippen LogP contribution in [0.3, 0.4) is 0 Å². The second-order valence-electron chi connectivity index (χ2n) is 9.54. The third-order valence-corrected chi connectivity index (χ3v) is 7.21. The number of likely N-dealkylation sites (N-methyl/N-ethyl adjacent to an activating group) is 1. The molecular weight excluding hydrogens is 444 g/mol. The molecule has 1 aromatic rings. The molecule has 0 spiro atoms. The minimum Gasteiger partial charge on any atom is -0.508 e. The number of nitrogens with two attached hydrogens (primary N) is 2. The Hall–Kier alpha value is -3.57. The standard InChI is InChI=1S/C23H28N4O7/c1-26(2)12-7-11(24)17(28)14-9(12)5-8-6-10-16(27(3)4)19(30)15(22(25)33)21(32)23(10,34)20(31)13(8)18(14)29/h7-8,10,16,28-29,32,34H,5-6,24H2,1-4H3,(H2,25,33)/t8?,10-,16?,23?/m0/s1. The summed E-state index contributed by atoms with van der Waals surface area (Å²) in [6.07, 6.45) is 0.236. The number of Topliss-reactive ketones (excluding diaryl/α,β-unsaturated/α-hetero) is 2. The second-order valence-corrected chi connectivity index (χ2v) is 9.54. The fraction of sp³-hybridized carbons (Fsp3) is 0.435. The van der Waals surface area contributed by atoms with Crippen molar-refractivity contribution in [2.45, 2.75) is 24.5 Å². The second kappa shape index (κ2) is 7.47. The number of phenolic OH excluding ortho intramolecular Hbond substituents is 1. The maximum absolute atomic E-state index is 13.7. The molecule has 0 saturated heterocycles. The average molecular weight is 472 g/mol. The Balaban J connectivity index is 2.01. The Morgan fingerprint density at radius 3 is 2.29 bits per heavy atom. The van der Waals surface area contributed by atoms with E-state index in [-0.39, 0.29) is 29.7 Å². The lowest BCUT2D eigenvalue weighted by Gasteiger charge is -2.50. The molecule has 1 aromatic carbocycles. The van der Waals surface area contributed by atoms with Gasteiger partial charge in [0.25, 0.3) is 5.91 Å². The Morgan fingerprint density at radius 2 is 1.76 bits per heavy atom. The minimum absolute atomic E-state index is 0.0115. The van der Waals surface area contributed by atoms with Crippen LogP contribution < -0.4 is 16.4 Å². The van der Waals surface area contributed by atoms with E-state index in [1.807, 2.05) is 0 Å². The molecule has 4 atom stereocenters. The molecule has 0 bridgehead atoms. The van der Waals surface area contributed by atoms with E-state index in [0.29, 0.717) is 11.3 Å². The van der Waals surface area contributed by atoms with Crippen molar-refractivity contribution in [2.24, 2.45) is 17.6 Å². The lowest BCUT2D eigenvalue weighted by atomic mass is 9.57. The van der Waals surface area contributed by atoms with Crippen LogP contribution in [0.4, 0.5) is 11.4 Å². The summed E-state index contributed by atoms with van der Waals surface area (Å²) >= 11 is 0. The molecule has 0 radical (unpaired) electrons. The molecule has 0 aromatic heterocycles. The number of ketones is 2. The lowest BCUT2D eigenvalue weighted by Crippen LogP contribution is -2.65. The van der Waals surface area contributed by atoms with Gasteiger partial charge in [0.2, 0.25) is 5.78 Å². The van der Waals surface area contributed by atoms with Crippen LogP contribution in [0.5, 0.6) is 5.75 Å². The number of nitrogens with zero attached hydrogens (tertiary/aromatic N) is 2. The molecule has 8 N–H and O–H groups in total. The highest BCUT2D eigenvalue weighted by Crippen LogP contribution is 2.54. The van der Waals surface area contributed by atoms with Crippen LogP contribution in [-0.2, 0) is 20.8 Å². The number of primary amides is 1. The van der Waals surface area contributed by atoms with E-state index in [2.05, 4.69) is 0 Å². The molecule has 11 nitrogen and oxygen atoms in total. The number of carbonyl (C=O) groups is 3. The Labute approximate surface area is 195 Å². The number of benzene rings is 1. The van der Waals surface area contributed by atoms with Crippen molar-refractivity contribution in [3.8, 4) is 5.75 Å². The summed E-state index contributed by atoms with van der Waals surface area (Å²) in [5.74, 6) is -6.95. The van der Waals surface area contributed by atoms with Crippen LogP contribution in [0.25, 0.3) is 5.76 Å². The smallest absolute Gasteiger partial charge is 0.255 e. The Morgan fingerprint density at radius 1 is 1.15 bits per heavy atom. The number of nitrogen functional groups attached to an aromatic ring is 1. The predicted octanol–water partition coefficient (Wildman–Crippen LogP) is -0.388. The quantitative estimate of drug-likeness (QED) is 0.192. The predicted molar refractivity (Wildman–Crippen MR) is 123 cm³/mol. The third-order valence-electron chi connectivity index (χ3n) is 7.21. The molecule has 3 aliphatic rings. The van der Waals surface area contributed by atoms with Crippen molar-refractivity contribution in [3.63, 3.8) is 0 Å². The topological polar surface area (TPSA) is 191 Å². The SMILES string of the molecule is CN(C)c1cc(N)c(O)c2c1CC1C[C@H]3C(N(C)C)C(=O)C(C(N)=O)=C(O)C3(O)C(=O)C1=C2O. The summed E-state index contributed by atoms with van der Waals surface area (Å²) in [7, 11) is 6.64. The van der Waals surface area contributed by atoms with Gasteiger partial charge in [-0.1, -0.05) is 0 Å². The van der Waals surface area contributed by atoms with Gasteiger partial charge in [-0.3, -0.25) is 19.3 Å². The van der Waals surface area contributed by atoms with Crippen LogP contribution in [0.15, 0.2) is 23.0 Å². The van der Waals surface area contributed by atoms with Crippen molar-refractivity contribution in [2.75, 3.05) is 38.8 Å². The van der Waals surface area contributed by atoms with Gasteiger partial charge in [-0.05, 0) is 44.5 Å². The van der Waals surface area contributed by atoms with Crippen molar-refractivity contribution in [1.82, 2.24) is 4.90 Å². The van der Waals surface area contributed by atoms with Gasteiger partial charge in [-0.15, -0.1) is 0 Å². The molecule has 4 rings (SSSR count). The first kappa shape index (κ1) is 23.6. The molecule has 34 heavy (non-hydrogen) atoms. The van der Waals surface area contributed by atoms with Gasteiger partial charge in [-0.2, -0.15) is 0 Å². The maximum Gasteiger partial charge on any atom is 0.255 e. The zero-order chi connectivity index (χ0) is 25.4. The van der Waals surface area contributed by atoms with Gasteiger partial charge in [0.15, 0.2) is 11.4 Å². The minimum atomic E-state index is -2.66. The number of fused-ring (bicyclic) bond motifs is 3. The summed E-state index contributed by atoms with van der Waals surface area (Å²) in [6, 6.07) is 0.444. The zero-order valence-corrected chi connectivity index (χ0v) is 19.3. The zero-order valence-electron chi connectivity index (χ0n) is 19.3. The largest absolute Gasteiger partial charge is 0.508 e.